The number of morpholine rings is 1. The standard InChI is InChI=1S/C20H31N3O3S/c24-19(6-2-1-4-18-5-3-17-27-18)22-9-11-23(12-10-22)20(25)7-8-21-13-15-26-16-14-21/h3,5,17H,1-2,4,6-16H2. The van der Waals surface area contributed by atoms with E-state index in [2.05, 4.69) is 22.4 Å². The Kier molecular flexibility index (Phi) is 8.10. The average Bonchev–Trinajstić information content (AvgIpc) is 3.24. The van der Waals surface area contributed by atoms with Crippen LogP contribution in [0.1, 0.15) is 30.6 Å². The van der Waals surface area contributed by atoms with Crippen LogP contribution in [0.5, 0.6) is 0 Å². The highest BCUT2D eigenvalue weighted by Gasteiger charge is 2.24. The van der Waals surface area contributed by atoms with Crippen LogP contribution in [0.3, 0.4) is 0 Å². The number of nitrogens with zero attached hydrogens (tertiary/aromatic N) is 3. The molecule has 0 spiro atoms. The molecule has 0 aliphatic carbocycles. The predicted molar refractivity (Wildman–Crippen MR) is 107 cm³/mol. The van der Waals surface area contributed by atoms with Crippen LogP contribution in [0.2, 0.25) is 0 Å². The van der Waals surface area contributed by atoms with Gasteiger partial charge < -0.3 is 14.5 Å². The second kappa shape index (κ2) is 10.8. The first-order valence-electron chi connectivity index (χ1n) is 10.1. The van der Waals surface area contributed by atoms with E-state index in [9.17, 15) is 9.59 Å². The average molecular weight is 394 g/mol. The maximum atomic E-state index is 12.4. The molecular formula is C20H31N3O3S. The van der Waals surface area contributed by atoms with Crippen LogP contribution in [-0.2, 0) is 20.7 Å². The number of amides is 2. The molecule has 27 heavy (non-hydrogen) atoms. The molecule has 2 fully saturated rings. The Balaban J connectivity index is 1.28. The van der Waals surface area contributed by atoms with Crippen LogP contribution in [0, 0.1) is 0 Å². The number of hydrogen-bond acceptors (Lipinski definition) is 5. The normalized spacial score (nSPS) is 18.7. The molecule has 7 heteroatoms. The number of carbonyl (C=O) groups is 2. The van der Waals surface area contributed by atoms with E-state index in [-0.39, 0.29) is 11.8 Å². The summed E-state index contributed by atoms with van der Waals surface area (Å²) in [5, 5.41) is 2.10. The molecule has 0 aromatic carbocycles. The van der Waals surface area contributed by atoms with Crippen molar-refractivity contribution in [1.29, 1.82) is 0 Å². The highest BCUT2D eigenvalue weighted by Crippen LogP contribution is 2.14. The van der Waals surface area contributed by atoms with Crippen molar-refractivity contribution in [3.05, 3.63) is 22.4 Å². The van der Waals surface area contributed by atoms with Gasteiger partial charge in [-0.05, 0) is 30.7 Å². The predicted octanol–water partition coefficient (Wildman–Crippen LogP) is 1.85. The lowest BCUT2D eigenvalue weighted by Crippen LogP contribution is -2.51. The zero-order valence-corrected chi connectivity index (χ0v) is 16.9. The van der Waals surface area contributed by atoms with Gasteiger partial charge in [-0.15, -0.1) is 11.3 Å². The third kappa shape index (κ3) is 6.59. The summed E-state index contributed by atoms with van der Waals surface area (Å²) in [5.74, 6) is 0.450. The van der Waals surface area contributed by atoms with Gasteiger partial charge in [0, 0.05) is 63.5 Å². The van der Waals surface area contributed by atoms with E-state index in [0.29, 0.717) is 39.0 Å². The molecule has 2 aliphatic rings. The van der Waals surface area contributed by atoms with Crippen molar-refractivity contribution in [2.24, 2.45) is 0 Å². The number of hydrogen-bond donors (Lipinski definition) is 0. The summed E-state index contributed by atoms with van der Waals surface area (Å²) in [4.78, 5) is 32.3. The first kappa shape index (κ1) is 20.3. The monoisotopic (exact) mass is 393 g/mol. The molecule has 2 aliphatic heterocycles. The van der Waals surface area contributed by atoms with E-state index in [1.54, 1.807) is 11.3 Å². The van der Waals surface area contributed by atoms with Gasteiger partial charge in [0.25, 0.3) is 0 Å². The third-order valence-electron chi connectivity index (χ3n) is 5.37. The van der Waals surface area contributed by atoms with Gasteiger partial charge in [-0.3, -0.25) is 14.5 Å². The van der Waals surface area contributed by atoms with Crippen LogP contribution in [0.4, 0.5) is 0 Å². The van der Waals surface area contributed by atoms with E-state index in [1.807, 2.05) is 9.80 Å². The largest absolute Gasteiger partial charge is 0.379 e. The van der Waals surface area contributed by atoms with Gasteiger partial charge >= 0.3 is 0 Å². The quantitative estimate of drug-likeness (QED) is 0.633. The van der Waals surface area contributed by atoms with Gasteiger partial charge in [0.05, 0.1) is 13.2 Å². The van der Waals surface area contributed by atoms with Crippen LogP contribution in [0.15, 0.2) is 17.5 Å². The lowest BCUT2D eigenvalue weighted by Gasteiger charge is -2.35. The molecule has 3 rings (SSSR count). The molecule has 1 aromatic rings. The Hall–Kier alpha value is -1.44. The van der Waals surface area contributed by atoms with E-state index in [0.717, 1.165) is 52.1 Å². The summed E-state index contributed by atoms with van der Waals surface area (Å²) in [6, 6.07) is 4.23. The lowest BCUT2D eigenvalue weighted by molar-refractivity contribution is -0.139. The van der Waals surface area contributed by atoms with E-state index in [4.69, 9.17) is 4.74 Å². The van der Waals surface area contributed by atoms with E-state index < -0.39 is 0 Å². The zero-order valence-electron chi connectivity index (χ0n) is 16.1. The minimum atomic E-state index is 0.213. The first-order chi connectivity index (χ1) is 13.2. The molecule has 0 saturated carbocycles. The maximum Gasteiger partial charge on any atom is 0.223 e. The number of piperazine rings is 1. The van der Waals surface area contributed by atoms with Crippen molar-refractivity contribution in [3.63, 3.8) is 0 Å². The van der Waals surface area contributed by atoms with Crippen molar-refractivity contribution in [3.8, 4) is 0 Å². The van der Waals surface area contributed by atoms with Crippen LogP contribution >= 0.6 is 11.3 Å². The molecule has 0 bridgehead atoms. The molecule has 2 saturated heterocycles. The van der Waals surface area contributed by atoms with Crippen molar-refractivity contribution in [2.75, 3.05) is 59.0 Å². The van der Waals surface area contributed by atoms with Gasteiger partial charge in [0.1, 0.15) is 0 Å². The summed E-state index contributed by atoms with van der Waals surface area (Å²) in [6.07, 6.45) is 4.26. The molecule has 1 aromatic heterocycles. The summed E-state index contributed by atoms with van der Waals surface area (Å²) in [7, 11) is 0. The van der Waals surface area contributed by atoms with E-state index >= 15 is 0 Å². The maximum absolute atomic E-state index is 12.4. The van der Waals surface area contributed by atoms with E-state index in [1.165, 1.54) is 4.88 Å². The number of ether oxygens (including phenoxy) is 1. The first-order valence-corrected chi connectivity index (χ1v) is 11.0. The Labute approximate surface area is 166 Å². The zero-order chi connectivity index (χ0) is 18.9. The molecule has 6 nitrogen and oxygen atoms in total. The fourth-order valence-corrected chi connectivity index (χ4v) is 4.38. The summed E-state index contributed by atoms with van der Waals surface area (Å²) in [6.45, 7) is 6.87. The van der Waals surface area contributed by atoms with Crippen molar-refractivity contribution < 1.29 is 14.3 Å². The Morgan fingerprint density at radius 3 is 2.22 bits per heavy atom. The Morgan fingerprint density at radius 2 is 1.59 bits per heavy atom. The molecule has 0 unspecified atom stereocenters. The summed E-state index contributed by atoms with van der Waals surface area (Å²) >= 11 is 1.78. The minimum absolute atomic E-state index is 0.213. The number of unbranched alkanes of at least 4 members (excludes halogenated alkanes) is 1. The molecule has 150 valence electrons. The fraction of sp³-hybridized carbons (Fsp3) is 0.700. The van der Waals surface area contributed by atoms with Crippen molar-refractivity contribution in [1.82, 2.24) is 14.7 Å². The van der Waals surface area contributed by atoms with Crippen LogP contribution < -0.4 is 0 Å². The van der Waals surface area contributed by atoms with Crippen LogP contribution in [0.25, 0.3) is 0 Å². The molecule has 0 N–H and O–H groups in total. The summed E-state index contributed by atoms with van der Waals surface area (Å²) in [5.41, 5.74) is 0. The molecule has 0 radical (unpaired) electrons. The number of aryl methyl sites for hydroxylation is 1. The topological polar surface area (TPSA) is 53.1 Å². The van der Waals surface area contributed by atoms with Gasteiger partial charge in [-0.25, -0.2) is 0 Å². The van der Waals surface area contributed by atoms with Gasteiger partial charge in [0.15, 0.2) is 0 Å². The molecular weight excluding hydrogens is 362 g/mol. The number of rotatable bonds is 8. The molecule has 3 heterocycles. The lowest BCUT2D eigenvalue weighted by atomic mass is 10.1. The number of carbonyl (C=O) groups excluding carboxylic acids is 2. The number of thiophene rings is 1. The van der Waals surface area contributed by atoms with Gasteiger partial charge in [0.2, 0.25) is 11.8 Å². The fourth-order valence-electron chi connectivity index (χ4n) is 3.63. The van der Waals surface area contributed by atoms with Crippen molar-refractivity contribution in [2.45, 2.75) is 32.1 Å². The van der Waals surface area contributed by atoms with Crippen molar-refractivity contribution >= 4 is 23.2 Å². The Morgan fingerprint density at radius 1 is 0.926 bits per heavy atom. The second-order valence-corrected chi connectivity index (χ2v) is 8.28. The SMILES string of the molecule is O=C(CCCCc1cccs1)N1CCN(C(=O)CCN2CCOCC2)CC1. The molecule has 0 atom stereocenters. The summed E-state index contributed by atoms with van der Waals surface area (Å²) < 4.78 is 5.34. The minimum Gasteiger partial charge on any atom is -0.379 e. The van der Waals surface area contributed by atoms with Crippen LogP contribution in [-0.4, -0.2) is 85.5 Å². The third-order valence-corrected chi connectivity index (χ3v) is 6.31. The Bertz CT molecular complexity index is 579. The van der Waals surface area contributed by atoms with Gasteiger partial charge in [-0.1, -0.05) is 6.07 Å². The highest BCUT2D eigenvalue weighted by atomic mass is 32.1. The second-order valence-electron chi connectivity index (χ2n) is 7.25. The smallest absolute Gasteiger partial charge is 0.223 e. The molecule has 2 amide bonds. The highest BCUT2D eigenvalue weighted by molar-refractivity contribution is 7.09. The van der Waals surface area contributed by atoms with Gasteiger partial charge in [-0.2, -0.15) is 0 Å².